The fourth-order valence-corrected chi connectivity index (χ4v) is 2.60. The molecule has 0 spiro atoms. The number of likely N-dealkylation sites (N-methyl/N-ethyl adjacent to an activating group) is 1. The van der Waals surface area contributed by atoms with Crippen molar-refractivity contribution < 1.29 is 4.92 Å². The van der Waals surface area contributed by atoms with Crippen LogP contribution in [0.1, 0.15) is 22.7 Å². The Hall–Kier alpha value is -1.72. The van der Waals surface area contributed by atoms with Gasteiger partial charge in [0.2, 0.25) is 0 Å². The maximum absolute atomic E-state index is 10.7. The molecule has 21 heavy (non-hydrogen) atoms. The van der Waals surface area contributed by atoms with Gasteiger partial charge in [-0.2, -0.15) is 0 Å². The highest BCUT2D eigenvalue weighted by Crippen LogP contribution is 2.24. The number of hydrogen-bond acceptors (Lipinski definition) is 3. The summed E-state index contributed by atoms with van der Waals surface area (Å²) in [6.07, 6.45) is 0.782. The largest absolute Gasteiger partial charge is 0.313 e. The maximum atomic E-state index is 10.7. The molecule has 0 aromatic heterocycles. The Morgan fingerprint density at radius 1 is 1.24 bits per heavy atom. The van der Waals surface area contributed by atoms with Crippen molar-refractivity contribution >= 4 is 21.6 Å². The van der Waals surface area contributed by atoms with Crippen LogP contribution in [0, 0.1) is 17.0 Å². The number of rotatable bonds is 5. The van der Waals surface area contributed by atoms with E-state index in [2.05, 4.69) is 46.4 Å². The van der Waals surface area contributed by atoms with Crippen molar-refractivity contribution in [2.24, 2.45) is 0 Å². The number of nitro groups is 1. The first-order valence-corrected chi connectivity index (χ1v) is 7.47. The number of nitro benzene ring substituents is 1. The van der Waals surface area contributed by atoms with Crippen molar-refractivity contribution in [1.82, 2.24) is 5.32 Å². The zero-order valence-electron chi connectivity index (χ0n) is 12.0. The fraction of sp³-hybridized carbons (Fsp3) is 0.250. The standard InChI is InChI=1S/C16H17BrN2O2/c1-11-3-6-13(10-15(11)17)16(18-2)9-12-4-7-14(8-5-12)19(20)21/h3-8,10,16,18H,9H2,1-2H3. The average Bonchev–Trinajstić information content (AvgIpc) is 2.48. The van der Waals surface area contributed by atoms with Gasteiger partial charge in [-0.05, 0) is 43.1 Å². The van der Waals surface area contributed by atoms with Crippen LogP contribution in [0.5, 0.6) is 0 Å². The van der Waals surface area contributed by atoms with Crippen molar-refractivity contribution in [1.29, 1.82) is 0 Å². The predicted molar refractivity (Wildman–Crippen MR) is 87.5 cm³/mol. The molecule has 0 bridgehead atoms. The van der Waals surface area contributed by atoms with E-state index in [0.717, 1.165) is 16.5 Å². The molecule has 0 fully saturated rings. The molecule has 0 aliphatic carbocycles. The second kappa shape index (κ2) is 6.83. The molecule has 1 atom stereocenters. The maximum Gasteiger partial charge on any atom is 0.269 e. The van der Waals surface area contributed by atoms with E-state index in [9.17, 15) is 10.1 Å². The number of nitrogens with zero attached hydrogens (tertiary/aromatic N) is 1. The minimum atomic E-state index is -0.379. The van der Waals surface area contributed by atoms with Crippen molar-refractivity contribution in [3.8, 4) is 0 Å². The Balaban J connectivity index is 2.18. The molecule has 1 unspecified atom stereocenters. The highest BCUT2D eigenvalue weighted by molar-refractivity contribution is 9.10. The van der Waals surface area contributed by atoms with E-state index in [0.29, 0.717) is 0 Å². The van der Waals surface area contributed by atoms with Gasteiger partial charge in [0, 0.05) is 22.6 Å². The SMILES string of the molecule is CNC(Cc1ccc([N+](=O)[O-])cc1)c1ccc(C)c(Br)c1. The molecular formula is C16H17BrN2O2. The first-order valence-electron chi connectivity index (χ1n) is 6.68. The van der Waals surface area contributed by atoms with Crippen LogP contribution in [0.3, 0.4) is 0 Å². The number of hydrogen-bond donors (Lipinski definition) is 1. The van der Waals surface area contributed by atoms with Crippen LogP contribution >= 0.6 is 15.9 Å². The quantitative estimate of drug-likeness (QED) is 0.651. The molecule has 2 rings (SSSR count). The normalized spacial score (nSPS) is 12.1. The molecule has 2 aromatic carbocycles. The average molecular weight is 349 g/mol. The molecular weight excluding hydrogens is 332 g/mol. The van der Waals surface area contributed by atoms with Gasteiger partial charge in [0.25, 0.3) is 5.69 Å². The summed E-state index contributed by atoms with van der Waals surface area (Å²) in [5.74, 6) is 0. The summed E-state index contributed by atoms with van der Waals surface area (Å²) < 4.78 is 1.09. The zero-order valence-corrected chi connectivity index (χ0v) is 13.6. The lowest BCUT2D eigenvalue weighted by Gasteiger charge is -2.17. The number of nitrogens with one attached hydrogen (secondary N) is 1. The molecule has 2 aromatic rings. The van der Waals surface area contributed by atoms with Crippen LogP contribution in [0.15, 0.2) is 46.9 Å². The van der Waals surface area contributed by atoms with Gasteiger partial charge in [0.1, 0.15) is 0 Å². The van der Waals surface area contributed by atoms with Crippen molar-refractivity contribution in [3.05, 3.63) is 73.7 Å². The summed E-state index contributed by atoms with van der Waals surface area (Å²) in [5.41, 5.74) is 3.58. The van der Waals surface area contributed by atoms with E-state index in [4.69, 9.17) is 0 Å². The molecule has 0 aliphatic heterocycles. The Labute approximate surface area is 132 Å². The van der Waals surface area contributed by atoms with Crippen molar-refractivity contribution in [2.75, 3.05) is 7.05 Å². The lowest BCUT2D eigenvalue weighted by atomic mass is 9.98. The molecule has 0 amide bonds. The fourth-order valence-electron chi connectivity index (χ4n) is 2.20. The van der Waals surface area contributed by atoms with Crippen LogP contribution < -0.4 is 5.32 Å². The van der Waals surface area contributed by atoms with Crippen LogP contribution in [0.4, 0.5) is 5.69 Å². The smallest absolute Gasteiger partial charge is 0.269 e. The highest BCUT2D eigenvalue weighted by atomic mass is 79.9. The minimum absolute atomic E-state index is 0.123. The molecule has 0 radical (unpaired) electrons. The lowest BCUT2D eigenvalue weighted by molar-refractivity contribution is -0.384. The van der Waals surface area contributed by atoms with Gasteiger partial charge in [0.05, 0.1) is 4.92 Å². The molecule has 110 valence electrons. The van der Waals surface area contributed by atoms with Crippen LogP contribution in [0.25, 0.3) is 0 Å². The van der Waals surface area contributed by atoms with Gasteiger partial charge in [-0.3, -0.25) is 10.1 Å². The summed E-state index contributed by atoms with van der Waals surface area (Å²) in [4.78, 5) is 10.3. The summed E-state index contributed by atoms with van der Waals surface area (Å²) in [7, 11) is 1.92. The summed E-state index contributed by atoms with van der Waals surface area (Å²) in [6, 6.07) is 13.2. The minimum Gasteiger partial charge on any atom is -0.313 e. The third-order valence-corrected chi connectivity index (χ3v) is 4.39. The van der Waals surface area contributed by atoms with Gasteiger partial charge < -0.3 is 5.32 Å². The Morgan fingerprint density at radius 3 is 2.43 bits per heavy atom. The predicted octanol–water partition coefficient (Wildman–Crippen LogP) is 4.17. The monoisotopic (exact) mass is 348 g/mol. The molecule has 0 heterocycles. The van der Waals surface area contributed by atoms with E-state index in [1.54, 1.807) is 12.1 Å². The van der Waals surface area contributed by atoms with Crippen molar-refractivity contribution in [3.63, 3.8) is 0 Å². The number of non-ortho nitro benzene ring substituents is 1. The summed E-state index contributed by atoms with van der Waals surface area (Å²) >= 11 is 3.55. The second-order valence-corrected chi connectivity index (χ2v) is 5.83. The third-order valence-electron chi connectivity index (χ3n) is 3.53. The van der Waals surface area contributed by atoms with Crippen LogP contribution in [-0.4, -0.2) is 12.0 Å². The van der Waals surface area contributed by atoms with Gasteiger partial charge in [-0.25, -0.2) is 0 Å². The lowest BCUT2D eigenvalue weighted by Crippen LogP contribution is -2.18. The molecule has 5 heteroatoms. The molecule has 0 saturated carbocycles. The topological polar surface area (TPSA) is 55.2 Å². The first-order chi connectivity index (χ1) is 10.0. The van der Waals surface area contributed by atoms with E-state index >= 15 is 0 Å². The first kappa shape index (κ1) is 15.7. The third kappa shape index (κ3) is 3.89. The molecule has 4 nitrogen and oxygen atoms in total. The van der Waals surface area contributed by atoms with Crippen molar-refractivity contribution in [2.45, 2.75) is 19.4 Å². The number of halogens is 1. The van der Waals surface area contributed by atoms with Crippen LogP contribution in [0.2, 0.25) is 0 Å². The Morgan fingerprint density at radius 2 is 1.90 bits per heavy atom. The molecule has 0 aliphatic rings. The van der Waals surface area contributed by atoms with E-state index < -0.39 is 0 Å². The zero-order chi connectivity index (χ0) is 15.4. The van der Waals surface area contributed by atoms with Gasteiger partial charge in [0.15, 0.2) is 0 Å². The van der Waals surface area contributed by atoms with Gasteiger partial charge in [-0.15, -0.1) is 0 Å². The van der Waals surface area contributed by atoms with E-state index in [1.807, 2.05) is 19.2 Å². The Bertz CT molecular complexity index is 641. The van der Waals surface area contributed by atoms with Gasteiger partial charge in [-0.1, -0.05) is 40.2 Å². The van der Waals surface area contributed by atoms with E-state index in [-0.39, 0.29) is 16.7 Å². The second-order valence-electron chi connectivity index (χ2n) is 4.98. The summed E-state index contributed by atoms with van der Waals surface area (Å²) in [5, 5.41) is 14.0. The number of aryl methyl sites for hydroxylation is 1. The van der Waals surface area contributed by atoms with Crippen LogP contribution in [-0.2, 0) is 6.42 Å². The summed E-state index contributed by atoms with van der Waals surface area (Å²) in [6.45, 7) is 2.05. The Kier molecular flexibility index (Phi) is 5.09. The van der Waals surface area contributed by atoms with Gasteiger partial charge >= 0.3 is 0 Å². The molecule has 1 N–H and O–H groups in total. The molecule has 0 saturated heterocycles. The highest BCUT2D eigenvalue weighted by Gasteiger charge is 2.12. The number of benzene rings is 2. The van der Waals surface area contributed by atoms with E-state index in [1.165, 1.54) is 11.1 Å².